The van der Waals surface area contributed by atoms with Crippen molar-refractivity contribution >= 4 is 29.2 Å². The molecule has 31 heavy (non-hydrogen) atoms. The molecular formula is C20H22ClN7O3. The van der Waals surface area contributed by atoms with Crippen LogP contribution in [0.4, 0.5) is 10.5 Å². The fourth-order valence-corrected chi connectivity index (χ4v) is 2.86. The van der Waals surface area contributed by atoms with E-state index in [1.807, 2.05) is 24.3 Å². The van der Waals surface area contributed by atoms with Crippen molar-refractivity contribution in [2.24, 2.45) is 0 Å². The summed E-state index contributed by atoms with van der Waals surface area (Å²) in [6.07, 6.45) is 0.406. The van der Waals surface area contributed by atoms with Gasteiger partial charge in [-0.25, -0.2) is 4.79 Å². The van der Waals surface area contributed by atoms with Gasteiger partial charge in [0.15, 0.2) is 5.82 Å². The number of nitrogens with one attached hydrogen (secondary N) is 3. The molecule has 11 heteroatoms. The number of hydrogen-bond acceptors (Lipinski definition) is 6. The van der Waals surface area contributed by atoms with Gasteiger partial charge in [-0.2, -0.15) is 4.80 Å². The molecule has 1 aromatic heterocycles. The van der Waals surface area contributed by atoms with Gasteiger partial charge in [0.05, 0.1) is 13.2 Å². The van der Waals surface area contributed by atoms with E-state index in [1.54, 1.807) is 31.4 Å². The zero-order valence-corrected chi connectivity index (χ0v) is 17.8. The minimum absolute atomic E-state index is 0.0737. The zero-order valence-electron chi connectivity index (χ0n) is 17.0. The Hall–Kier alpha value is -3.66. The van der Waals surface area contributed by atoms with Crippen molar-refractivity contribution in [1.82, 2.24) is 30.8 Å². The van der Waals surface area contributed by atoms with Crippen molar-refractivity contribution in [3.8, 4) is 5.75 Å². The lowest BCUT2D eigenvalue weighted by atomic mass is 10.1. The van der Waals surface area contributed by atoms with Gasteiger partial charge in [-0.15, -0.1) is 10.2 Å². The third kappa shape index (κ3) is 6.41. The predicted octanol–water partition coefficient (Wildman–Crippen LogP) is 2.19. The summed E-state index contributed by atoms with van der Waals surface area (Å²) >= 11 is 5.88. The lowest BCUT2D eigenvalue weighted by molar-refractivity contribution is -0.121. The first kappa shape index (κ1) is 22.0. The van der Waals surface area contributed by atoms with Crippen LogP contribution in [0.5, 0.6) is 5.75 Å². The maximum absolute atomic E-state index is 12.6. The van der Waals surface area contributed by atoms with Gasteiger partial charge in [0.25, 0.3) is 0 Å². The molecule has 1 unspecified atom stereocenters. The number of likely N-dealkylation sites (N-methyl/N-ethyl adjacent to an activating group) is 1. The van der Waals surface area contributed by atoms with E-state index in [2.05, 4.69) is 31.4 Å². The van der Waals surface area contributed by atoms with Crippen LogP contribution in [-0.4, -0.2) is 46.3 Å². The summed E-state index contributed by atoms with van der Waals surface area (Å²) in [6.45, 7) is -0.0737. The van der Waals surface area contributed by atoms with E-state index in [1.165, 1.54) is 11.8 Å². The van der Waals surface area contributed by atoms with Crippen molar-refractivity contribution in [3.63, 3.8) is 0 Å². The number of methoxy groups -OCH3 is 1. The lowest BCUT2D eigenvalue weighted by Gasteiger charge is -2.16. The molecule has 3 amide bonds. The molecule has 2 aromatic carbocycles. The number of carbonyl (C=O) groups is 2. The third-order valence-corrected chi connectivity index (χ3v) is 4.60. The Labute approximate surface area is 183 Å². The number of urea groups is 1. The average molecular weight is 444 g/mol. The highest BCUT2D eigenvalue weighted by Gasteiger charge is 2.21. The van der Waals surface area contributed by atoms with Crippen molar-refractivity contribution in [3.05, 3.63) is 64.9 Å². The van der Waals surface area contributed by atoms with Gasteiger partial charge >= 0.3 is 6.03 Å². The Bertz CT molecular complexity index is 1020. The maximum Gasteiger partial charge on any atom is 0.319 e. The van der Waals surface area contributed by atoms with Crippen LogP contribution in [0.2, 0.25) is 5.02 Å². The van der Waals surface area contributed by atoms with E-state index in [-0.39, 0.29) is 18.3 Å². The Kier molecular flexibility index (Phi) is 7.39. The standard InChI is InChI=1S/C20H22ClN7O3/c1-22-18(29)12-28-26-19(25-27-28)17(11-13-3-9-16(31-2)10-4-13)24-20(30)23-15-7-5-14(21)6-8-15/h3-10,17H,11-12H2,1-2H3,(H,22,29)(H2,23,24,30). The number of amides is 3. The largest absolute Gasteiger partial charge is 0.497 e. The van der Waals surface area contributed by atoms with Crippen LogP contribution in [-0.2, 0) is 17.8 Å². The highest BCUT2D eigenvalue weighted by Crippen LogP contribution is 2.19. The number of ether oxygens (including phenoxy) is 1. The fraction of sp³-hybridized carbons (Fsp3) is 0.250. The molecule has 162 valence electrons. The summed E-state index contributed by atoms with van der Waals surface area (Å²) in [4.78, 5) is 25.3. The normalized spacial score (nSPS) is 11.5. The van der Waals surface area contributed by atoms with E-state index in [9.17, 15) is 9.59 Å². The Balaban J connectivity index is 1.76. The minimum Gasteiger partial charge on any atom is -0.497 e. The molecule has 0 saturated carbocycles. The highest BCUT2D eigenvalue weighted by atomic mass is 35.5. The van der Waals surface area contributed by atoms with Crippen LogP contribution < -0.4 is 20.7 Å². The van der Waals surface area contributed by atoms with E-state index < -0.39 is 12.1 Å². The number of carbonyl (C=O) groups excluding carboxylic acids is 2. The molecule has 0 spiro atoms. The second-order valence-corrected chi connectivity index (χ2v) is 7.00. The minimum atomic E-state index is -0.584. The molecule has 0 aliphatic heterocycles. The first-order chi connectivity index (χ1) is 15.0. The van der Waals surface area contributed by atoms with Gasteiger partial charge < -0.3 is 20.7 Å². The number of hydrogen-bond donors (Lipinski definition) is 3. The first-order valence-corrected chi connectivity index (χ1v) is 9.79. The maximum atomic E-state index is 12.6. The van der Waals surface area contributed by atoms with Gasteiger partial charge in [-0.3, -0.25) is 4.79 Å². The van der Waals surface area contributed by atoms with Crippen LogP contribution in [0.25, 0.3) is 0 Å². The molecule has 10 nitrogen and oxygen atoms in total. The molecule has 0 bridgehead atoms. The van der Waals surface area contributed by atoms with Crippen molar-refractivity contribution in [2.45, 2.75) is 19.0 Å². The summed E-state index contributed by atoms with van der Waals surface area (Å²) in [7, 11) is 3.12. The Morgan fingerprint density at radius 1 is 1.13 bits per heavy atom. The Morgan fingerprint density at radius 3 is 2.48 bits per heavy atom. The molecule has 0 aliphatic carbocycles. The summed E-state index contributed by atoms with van der Waals surface area (Å²) in [5, 5.41) is 20.8. The SMILES string of the molecule is CNC(=O)Cn1nnc(C(Cc2ccc(OC)cc2)NC(=O)Nc2ccc(Cl)cc2)n1. The summed E-state index contributed by atoms with van der Waals surface area (Å²) < 4.78 is 5.18. The molecule has 0 fully saturated rings. The Morgan fingerprint density at radius 2 is 1.84 bits per heavy atom. The quantitative estimate of drug-likeness (QED) is 0.490. The monoisotopic (exact) mass is 443 g/mol. The summed E-state index contributed by atoms with van der Waals surface area (Å²) in [6, 6.07) is 13.2. The predicted molar refractivity (Wildman–Crippen MR) is 115 cm³/mol. The van der Waals surface area contributed by atoms with Crippen LogP contribution in [0, 0.1) is 0 Å². The molecule has 0 saturated heterocycles. The number of benzene rings is 2. The molecule has 3 rings (SSSR count). The van der Waals surface area contributed by atoms with Crippen LogP contribution >= 0.6 is 11.6 Å². The molecular weight excluding hydrogens is 422 g/mol. The highest BCUT2D eigenvalue weighted by molar-refractivity contribution is 6.30. The molecule has 0 radical (unpaired) electrons. The second-order valence-electron chi connectivity index (χ2n) is 6.56. The van der Waals surface area contributed by atoms with E-state index in [0.29, 0.717) is 17.1 Å². The molecule has 3 aromatic rings. The third-order valence-electron chi connectivity index (χ3n) is 4.35. The van der Waals surface area contributed by atoms with Crippen LogP contribution in [0.15, 0.2) is 48.5 Å². The number of halogens is 1. The number of nitrogens with zero attached hydrogens (tertiary/aromatic N) is 4. The smallest absolute Gasteiger partial charge is 0.319 e. The number of aromatic nitrogens is 4. The number of rotatable bonds is 8. The van der Waals surface area contributed by atoms with E-state index in [4.69, 9.17) is 16.3 Å². The lowest BCUT2D eigenvalue weighted by Crippen LogP contribution is -2.34. The molecule has 3 N–H and O–H groups in total. The molecule has 1 heterocycles. The van der Waals surface area contributed by atoms with Crippen molar-refractivity contribution in [2.75, 3.05) is 19.5 Å². The van der Waals surface area contributed by atoms with Gasteiger partial charge in [0.2, 0.25) is 5.91 Å². The average Bonchev–Trinajstić information content (AvgIpc) is 3.23. The number of anilines is 1. The molecule has 1 atom stereocenters. The van der Waals surface area contributed by atoms with Crippen molar-refractivity contribution < 1.29 is 14.3 Å². The van der Waals surface area contributed by atoms with Gasteiger partial charge in [-0.05, 0) is 47.2 Å². The topological polar surface area (TPSA) is 123 Å². The van der Waals surface area contributed by atoms with Crippen LogP contribution in [0.3, 0.4) is 0 Å². The first-order valence-electron chi connectivity index (χ1n) is 9.41. The van der Waals surface area contributed by atoms with Crippen molar-refractivity contribution in [1.29, 1.82) is 0 Å². The summed E-state index contributed by atoms with van der Waals surface area (Å²) in [5.41, 5.74) is 1.52. The summed E-state index contributed by atoms with van der Waals surface area (Å²) in [5.74, 6) is 0.749. The molecule has 0 aliphatic rings. The fourth-order valence-electron chi connectivity index (χ4n) is 2.73. The van der Waals surface area contributed by atoms with Gasteiger partial charge in [0.1, 0.15) is 12.3 Å². The zero-order chi connectivity index (χ0) is 22.2. The second kappa shape index (κ2) is 10.4. The van der Waals surface area contributed by atoms with E-state index >= 15 is 0 Å². The van der Waals surface area contributed by atoms with Gasteiger partial charge in [-0.1, -0.05) is 23.7 Å². The van der Waals surface area contributed by atoms with E-state index in [0.717, 1.165) is 11.3 Å². The van der Waals surface area contributed by atoms with Gasteiger partial charge in [0, 0.05) is 24.2 Å². The van der Waals surface area contributed by atoms with Crippen LogP contribution in [0.1, 0.15) is 17.4 Å². The number of tetrazole rings is 1.